The summed E-state index contributed by atoms with van der Waals surface area (Å²) in [5.74, 6) is 0.498. The van der Waals surface area contributed by atoms with Crippen LogP contribution in [0.2, 0.25) is 0 Å². The number of likely N-dealkylation sites (N-methyl/N-ethyl adjacent to an activating group) is 1. The molecule has 1 aliphatic heterocycles. The van der Waals surface area contributed by atoms with Crippen molar-refractivity contribution in [3.63, 3.8) is 0 Å². The van der Waals surface area contributed by atoms with Crippen molar-refractivity contribution in [1.29, 1.82) is 0 Å². The first-order valence-electron chi connectivity index (χ1n) is 15.3. The summed E-state index contributed by atoms with van der Waals surface area (Å²) in [4.78, 5) is 40.4. The molecule has 1 saturated heterocycles. The number of carbonyl (C=O) groups excluding carboxylic acids is 2. The van der Waals surface area contributed by atoms with Crippen LogP contribution in [0.5, 0.6) is 17.2 Å². The van der Waals surface area contributed by atoms with Crippen molar-refractivity contribution in [1.82, 2.24) is 10.2 Å². The smallest absolute Gasteiger partial charge is 0.323 e. The van der Waals surface area contributed by atoms with Crippen LogP contribution in [0.3, 0.4) is 0 Å². The number of urea groups is 1. The number of aryl methyl sites for hydroxylation is 1. The zero-order valence-electron chi connectivity index (χ0n) is 27.3. The lowest BCUT2D eigenvalue weighted by Gasteiger charge is -2.45. The molecular formula is C35H44N4O7. The summed E-state index contributed by atoms with van der Waals surface area (Å²) >= 11 is 0. The van der Waals surface area contributed by atoms with Gasteiger partial charge in [0.2, 0.25) is 0 Å². The Labute approximate surface area is 270 Å². The first-order chi connectivity index (χ1) is 22.1. The van der Waals surface area contributed by atoms with Gasteiger partial charge in [-0.05, 0) is 99.8 Å². The number of para-hydroxylation sites is 1. The van der Waals surface area contributed by atoms with E-state index in [9.17, 15) is 19.5 Å². The molecule has 2 amide bonds. The molecule has 0 aliphatic carbocycles. The van der Waals surface area contributed by atoms with Crippen molar-refractivity contribution < 1.29 is 33.7 Å². The molecule has 0 bridgehead atoms. The van der Waals surface area contributed by atoms with Gasteiger partial charge in [-0.3, -0.25) is 14.5 Å². The predicted molar refractivity (Wildman–Crippen MR) is 177 cm³/mol. The van der Waals surface area contributed by atoms with E-state index in [0.29, 0.717) is 54.6 Å². The van der Waals surface area contributed by atoms with Gasteiger partial charge in [0.1, 0.15) is 11.3 Å². The Morgan fingerprint density at radius 3 is 2.13 bits per heavy atom. The van der Waals surface area contributed by atoms with E-state index in [1.807, 2.05) is 49.4 Å². The summed E-state index contributed by atoms with van der Waals surface area (Å²) in [7, 11) is 6.41. The van der Waals surface area contributed by atoms with Crippen LogP contribution in [0.15, 0.2) is 60.7 Å². The number of rotatable bonds is 13. The number of nitrogens with zero attached hydrogens (tertiary/aromatic N) is 1. The third-order valence-corrected chi connectivity index (χ3v) is 8.99. The number of benzene rings is 3. The number of amides is 2. The van der Waals surface area contributed by atoms with Crippen LogP contribution >= 0.6 is 0 Å². The largest absolute Gasteiger partial charge is 0.495 e. The second-order valence-electron chi connectivity index (χ2n) is 11.5. The lowest BCUT2D eigenvalue weighted by molar-refractivity contribution is -0.138. The van der Waals surface area contributed by atoms with Crippen molar-refractivity contribution in [3.05, 3.63) is 77.4 Å². The van der Waals surface area contributed by atoms with Crippen molar-refractivity contribution in [2.24, 2.45) is 5.92 Å². The zero-order valence-corrected chi connectivity index (χ0v) is 27.3. The lowest BCUT2D eigenvalue weighted by Crippen LogP contribution is -2.55. The van der Waals surface area contributed by atoms with E-state index in [4.69, 9.17) is 14.2 Å². The molecule has 46 heavy (non-hydrogen) atoms. The highest BCUT2D eigenvalue weighted by atomic mass is 16.5. The number of piperidine rings is 1. The van der Waals surface area contributed by atoms with E-state index >= 15 is 0 Å². The van der Waals surface area contributed by atoms with E-state index in [0.717, 1.165) is 16.7 Å². The molecule has 0 spiro atoms. The normalized spacial score (nSPS) is 15.7. The number of aliphatic carboxylic acids is 1. The summed E-state index contributed by atoms with van der Waals surface area (Å²) in [6, 6.07) is 17.6. The van der Waals surface area contributed by atoms with Gasteiger partial charge in [-0.15, -0.1) is 0 Å². The number of ether oxygens (including phenoxy) is 3. The number of hydrogen-bond acceptors (Lipinski definition) is 8. The number of Topliss-reactive ketones (excluding diaryl/α,β-unsaturated/α-hetero) is 1. The predicted octanol–water partition coefficient (Wildman–Crippen LogP) is 5.60. The molecule has 2 unspecified atom stereocenters. The van der Waals surface area contributed by atoms with Crippen LogP contribution in [-0.4, -0.2) is 69.3 Å². The molecule has 0 saturated carbocycles. The standard InChI is InChI=1S/C35H44N4O7/c1-22-9-7-8-10-27(22)37-34(43)38-28-13-12-26(20-31(28)45-5)35(36-3,23(2)40)25-15-17-39(18-16-25)29(21-33(41)42)24-11-14-30(44-4)32(19-24)46-6/h7-14,19-20,25,29,36H,15-18,21H2,1-6H3,(H,41,42)(H2,37,38,43). The number of anilines is 2. The summed E-state index contributed by atoms with van der Waals surface area (Å²) in [6.45, 7) is 4.66. The molecule has 0 radical (unpaired) electrons. The van der Waals surface area contributed by atoms with Crippen LogP contribution < -0.4 is 30.2 Å². The summed E-state index contributed by atoms with van der Waals surface area (Å²) in [6.07, 6.45) is 1.21. The number of nitrogens with one attached hydrogen (secondary N) is 3. The highest BCUT2D eigenvalue weighted by molar-refractivity contribution is 6.01. The molecule has 2 atom stereocenters. The molecule has 4 N–H and O–H groups in total. The number of carbonyl (C=O) groups is 3. The summed E-state index contributed by atoms with van der Waals surface area (Å²) in [5, 5.41) is 18.8. The minimum atomic E-state index is -1.02. The average molecular weight is 633 g/mol. The molecule has 0 aromatic heterocycles. The first-order valence-corrected chi connectivity index (χ1v) is 15.3. The van der Waals surface area contributed by atoms with Crippen LogP contribution in [0.25, 0.3) is 0 Å². The summed E-state index contributed by atoms with van der Waals surface area (Å²) in [5.41, 5.74) is 2.63. The second kappa shape index (κ2) is 15.1. The Morgan fingerprint density at radius 1 is 0.891 bits per heavy atom. The monoisotopic (exact) mass is 632 g/mol. The number of ketones is 1. The van der Waals surface area contributed by atoms with Gasteiger partial charge >= 0.3 is 12.0 Å². The van der Waals surface area contributed by atoms with Crippen molar-refractivity contribution >= 4 is 29.2 Å². The van der Waals surface area contributed by atoms with E-state index < -0.39 is 17.5 Å². The highest BCUT2D eigenvalue weighted by Crippen LogP contribution is 2.42. The van der Waals surface area contributed by atoms with Gasteiger partial charge in [-0.1, -0.05) is 30.3 Å². The lowest BCUT2D eigenvalue weighted by atomic mass is 9.70. The Bertz CT molecular complexity index is 1550. The topological polar surface area (TPSA) is 138 Å². The quantitative estimate of drug-likeness (QED) is 0.190. The van der Waals surface area contributed by atoms with Gasteiger partial charge in [-0.25, -0.2) is 4.79 Å². The van der Waals surface area contributed by atoms with Crippen molar-refractivity contribution in [2.45, 2.75) is 44.7 Å². The number of methoxy groups -OCH3 is 3. The molecular weight excluding hydrogens is 588 g/mol. The molecule has 1 heterocycles. The van der Waals surface area contributed by atoms with Crippen LogP contribution in [-0.2, 0) is 15.1 Å². The van der Waals surface area contributed by atoms with Crippen molar-refractivity contribution in [2.75, 3.05) is 52.1 Å². The average Bonchev–Trinajstić information content (AvgIpc) is 3.05. The molecule has 3 aromatic rings. The fourth-order valence-electron chi connectivity index (χ4n) is 6.61. The van der Waals surface area contributed by atoms with Gasteiger partial charge in [0.05, 0.1) is 33.4 Å². The number of hydrogen-bond donors (Lipinski definition) is 4. The minimum Gasteiger partial charge on any atom is -0.495 e. The highest BCUT2D eigenvalue weighted by Gasteiger charge is 2.45. The van der Waals surface area contributed by atoms with Crippen LogP contribution in [0.4, 0.5) is 16.2 Å². The van der Waals surface area contributed by atoms with E-state index in [-0.39, 0.29) is 24.2 Å². The van der Waals surface area contributed by atoms with E-state index in [2.05, 4.69) is 20.9 Å². The van der Waals surface area contributed by atoms with Gasteiger partial charge in [0.25, 0.3) is 0 Å². The Morgan fingerprint density at radius 2 is 1.54 bits per heavy atom. The fourth-order valence-corrected chi connectivity index (χ4v) is 6.61. The molecule has 11 heteroatoms. The molecule has 4 rings (SSSR count). The van der Waals surface area contributed by atoms with Gasteiger partial charge in [0, 0.05) is 11.7 Å². The van der Waals surface area contributed by atoms with Crippen LogP contribution in [0.1, 0.15) is 48.9 Å². The molecule has 3 aromatic carbocycles. The third-order valence-electron chi connectivity index (χ3n) is 8.99. The molecule has 246 valence electrons. The number of carboxylic acid groups (broad SMARTS) is 1. The molecule has 11 nitrogen and oxygen atoms in total. The summed E-state index contributed by atoms with van der Waals surface area (Å²) < 4.78 is 16.5. The number of likely N-dealkylation sites (tertiary alicyclic amines) is 1. The van der Waals surface area contributed by atoms with Gasteiger partial charge in [-0.2, -0.15) is 0 Å². The van der Waals surface area contributed by atoms with E-state index in [1.54, 1.807) is 46.4 Å². The van der Waals surface area contributed by atoms with E-state index in [1.165, 1.54) is 7.11 Å². The maximum Gasteiger partial charge on any atom is 0.323 e. The molecule has 1 aliphatic rings. The maximum atomic E-state index is 13.5. The minimum absolute atomic E-state index is 0.0458. The molecule has 1 fully saturated rings. The Kier molecular flexibility index (Phi) is 11.3. The SMILES string of the molecule is CNC(C(C)=O)(c1ccc(NC(=O)Nc2ccccc2C)c(OC)c1)C1CCN(C(CC(=O)O)c2ccc(OC)c(OC)c2)CC1. The van der Waals surface area contributed by atoms with Gasteiger partial charge in [0.15, 0.2) is 17.3 Å². The third kappa shape index (κ3) is 7.27. The first kappa shape index (κ1) is 34.3. The van der Waals surface area contributed by atoms with Crippen molar-refractivity contribution in [3.8, 4) is 17.2 Å². The maximum absolute atomic E-state index is 13.5. The zero-order chi connectivity index (χ0) is 33.4. The second-order valence-corrected chi connectivity index (χ2v) is 11.5. The Balaban J connectivity index is 1.56. The fraction of sp³-hybridized carbons (Fsp3) is 0.400. The Hall–Kier alpha value is -4.61. The van der Waals surface area contributed by atoms with Crippen LogP contribution in [0, 0.1) is 12.8 Å². The van der Waals surface area contributed by atoms with Gasteiger partial charge < -0.3 is 35.3 Å². The number of carboxylic acids is 1.